The van der Waals surface area contributed by atoms with E-state index in [0.717, 1.165) is 16.3 Å². The first-order valence-corrected chi connectivity index (χ1v) is 7.38. The predicted octanol–water partition coefficient (Wildman–Crippen LogP) is 3.61. The van der Waals surface area contributed by atoms with Crippen LogP contribution in [0.25, 0.3) is 21.9 Å². The Kier molecular flexibility index (Phi) is 3.93. The third kappa shape index (κ3) is 2.61. The number of nitrogens with zero attached hydrogens (tertiary/aromatic N) is 1. The Labute approximate surface area is 133 Å². The molecule has 1 N–H and O–H groups in total. The Morgan fingerprint density at radius 3 is 2.61 bits per heavy atom. The number of aromatic amines is 1. The van der Waals surface area contributed by atoms with Gasteiger partial charge >= 0.3 is 5.97 Å². The molecule has 0 bridgehead atoms. The molecule has 3 aromatic rings. The summed E-state index contributed by atoms with van der Waals surface area (Å²) < 4.78 is 5.07. The molecule has 3 rings (SSSR count). The minimum atomic E-state index is -0.518. The first kappa shape index (κ1) is 15.0. The van der Waals surface area contributed by atoms with Crippen LogP contribution in [0.5, 0.6) is 0 Å². The number of Topliss-reactive ketones (excluding diaryl/α,β-unsaturated/α-hetero) is 1. The van der Waals surface area contributed by atoms with Crippen LogP contribution in [0.2, 0.25) is 0 Å². The Hall–Kier alpha value is -2.95. The molecule has 0 aliphatic heterocycles. The monoisotopic (exact) mass is 308 g/mol. The number of benzene rings is 2. The van der Waals surface area contributed by atoms with Crippen molar-refractivity contribution >= 4 is 22.5 Å². The van der Waals surface area contributed by atoms with E-state index in [4.69, 9.17) is 4.74 Å². The van der Waals surface area contributed by atoms with Gasteiger partial charge in [0, 0.05) is 12.5 Å². The Morgan fingerprint density at radius 2 is 1.87 bits per heavy atom. The second-order valence-corrected chi connectivity index (χ2v) is 5.13. The van der Waals surface area contributed by atoms with Crippen LogP contribution >= 0.6 is 0 Å². The number of carbonyl (C=O) groups is 2. The largest absolute Gasteiger partial charge is 0.461 e. The van der Waals surface area contributed by atoms with Gasteiger partial charge in [0.2, 0.25) is 0 Å². The van der Waals surface area contributed by atoms with E-state index in [2.05, 4.69) is 10.2 Å². The summed E-state index contributed by atoms with van der Waals surface area (Å²) in [5.41, 5.74) is 1.72. The fourth-order valence-corrected chi connectivity index (χ4v) is 2.65. The summed E-state index contributed by atoms with van der Waals surface area (Å²) in [6, 6.07) is 13.6. The predicted molar refractivity (Wildman–Crippen MR) is 87.5 cm³/mol. The van der Waals surface area contributed by atoms with Crippen molar-refractivity contribution < 1.29 is 14.3 Å². The summed E-state index contributed by atoms with van der Waals surface area (Å²) in [5.74, 6) is -0.727. The van der Waals surface area contributed by atoms with Gasteiger partial charge in [0.1, 0.15) is 5.69 Å². The van der Waals surface area contributed by atoms with Gasteiger partial charge in [-0.15, -0.1) is 0 Å². The lowest BCUT2D eigenvalue weighted by Gasteiger charge is -2.08. The number of esters is 1. The van der Waals surface area contributed by atoms with E-state index in [1.165, 1.54) is 6.92 Å². The minimum absolute atomic E-state index is 0.202. The highest BCUT2D eigenvalue weighted by Crippen LogP contribution is 2.33. The number of H-pyrrole nitrogens is 1. The number of nitrogens with one attached hydrogen (secondary N) is 1. The third-order valence-electron chi connectivity index (χ3n) is 3.64. The highest BCUT2D eigenvalue weighted by molar-refractivity contribution is 6.10. The molecule has 0 saturated heterocycles. The Bertz CT molecular complexity index is 891. The second-order valence-electron chi connectivity index (χ2n) is 5.13. The van der Waals surface area contributed by atoms with E-state index >= 15 is 0 Å². The van der Waals surface area contributed by atoms with Crippen molar-refractivity contribution in [1.82, 2.24) is 10.2 Å². The number of hydrogen-bond donors (Lipinski definition) is 1. The lowest BCUT2D eigenvalue weighted by molar-refractivity contribution is 0.0520. The van der Waals surface area contributed by atoms with Crippen LogP contribution in [0.4, 0.5) is 0 Å². The standard InChI is InChI=1S/C18H16N2O3/c1-3-23-18(22)17-15(16(11(2)21)19-20-17)14-10-6-8-12-7-4-5-9-13(12)14/h4-10H,3H2,1-2H3,(H,19,20). The molecule has 0 unspecified atom stereocenters. The van der Waals surface area contributed by atoms with Gasteiger partial charge in [0.25, 0.3) is 0 Å². The molecular formula is C18H16N2O3. The van der Waals surface area contributed by atoms with Gasteiger partial charge in [-0.05, 0) is 23.3 Å². The summed E-state index contributed by atoms with van der Waals surface area (Å²) in [4.78, 5) is 24.1. The van der Waals surface area contributed by atoms with E-state index in [1.54, 1.807) is 6.92 Å². The van der Waals surface area contributed by atoms with Gasteiger partial charge in [0.15, 0.2) is 11.5 Å². The number of aromatic nitrogens is 2. The van der Waals surface area contributed by atoms with Gasteiger partial charge in [-0.3, -0.25) is 9.89 Å². The molecule has 1 aromatic heterocycles. The first-order valence-electron chi connectivity index (χ1n) is 7.38. The molecule has 0 saturated carbocycles. The van der Waals surface area contributed by atoms with Crippen LogP contribution in [0.15, 0.2) is 42.5 Å². The maximum absolute atomic E-state index is 12.2. The fourth-order valence-electron chi connectivity index (χ4n) is 2.65. The topological polar surface area (TPSA) is 72.1 Å². The highest BCUT2D eigenvalue weighted by Gasteiger charge is 2.24. The summed E-state index contributed by atoms with van der Waals surface area (Å²) in [6.07, 6.45) is 0. The molecule has 0 fully saturated rings. The lowest BCUT2D eigenvalue weighted by atomic mass is 9.95. The molecule has 0 atom stereocenters. The zero-order valence-electron chi connectivity index (χ0n) is 12.9. The van der Waals surface area contributed by atoms with Crippen molar-refractivity contribution in [2.24, 2.45) is 0 Å². The Balaban J connectivity index is 2.30. The molecule has 5 nitrogen and oxygen atoms in total. The number of ether oxygens (including phenoxy) is 1. The fraction of sp³-hybridized carbons (Fsp3) is 0.167. The molecule has 0 aliphatic carbocycles. The van der Waals surface area contributed by atoms with Crippen LogP contribution < -0.4 is 0 Å². The molecule has 5 heteroatoms. The zero-order valence-corrected chi connectivity index (χ0v) is 12.9. The molecule has 0 amide bonds. The normalized spacial score (nSPS) is 10.7. The van der Waals surface area contributed by atoms with Crippen LogP contribution in [-0.2, 0) is 4.74 Å². The molecule has 116 valence electrons. The molecular weight excluding hydrogens is 292 g/mol. The summed E-state index contributed by atoms with van der Waals surface area (Å²) in [5, 5.41) is 8.66. The summed E-state index contributed by atoms with van der Waals surface area (Å²) >= 11 is 0. The van der Waals surface area contributed by atoms with Gasteiger partial charge in [0.05, 0.1) is 6.61 Å². The molecule has 1 heterocycles. The maximum atomic E-state index is 12.2. The summed E-state index contributed by atoms with van der Waals surface area (Å²) in [7, 11) is 0. The quantitative estimate of drug-likeness (QED) is 0.590. The molecule has 0 radical (unpaired) electrons. The van der Waals surface area contributed by atoms with E-state index in [-0.39, 0.29) is 23.8 Å². The molecule has 0 spiro atoms. The van der Waals surface area contributed by atoms with Crippen LogP contribution in [-0.4, -0.2) is 28.6 Å². The maximum Gasteiger partial charge on any atom is 0.357 e. The van der Waals surface area contributed by atoms with Crippen molar-refractivity contribution in [3.63, 3.8) is 0 Å². The Morgan fingerprint density at radius 1 is 1.13 bits per heavy atom. The average molecular weight is 308 g/mol. The number of fused-ring (bicyclic) bond motifs is 1. The smallest absolute Gasteiger partial charge is 0.357 e. The van der Waals surface area contributed by atoms with Gasteiger partial charge in [-0.1, -0.05) is 42.5 Å². The number of hydrogen-bond acceptors (Lipinski definition) is 4. The molecule has 23 heavy (non-hydrogen) atoms. The second kappa shape index (κ2) is 6.04. The van der Waals surface area contributed by atoms with Gasteiger partial charge in [-0.25, -0.2) is 4.79 Å². The summed E-state index contributed by atoms with van der Waals surface area (Å²) in [6.45, 7) is 3.42. The minimum Gasteiger partial charge on any atom is -0.461 e. The highest BCUT2D eigenvalue weighted by atomic mass is 16.5. The molecule has 0 aliphatic rings. The average Bonchev–Trinajstić information content (AvgIpc) is 2.99. The van der Waals surface area contributed by atoms with Gasteiger partial charge < -0.3 is 4.74 Å². The van der Waals surface area contributed by atoms with Crippen LogP contribution in [0.3, 0.4) is 0 Å². The number of rotatable bonds is 4. The third-order valence-corrected chi connectivity index (χ3v) is 3.64. The van der Waals surface area contributed by atoms with Crippen molar-refractivity contribution in [2.75, 3.05) is 6.61 Å². The van der Waals surface area contributed by atoms with E-state index < -0.39 is 5.97 Å². The van der Waals surface area contributed by atoms with Crippen molar-refractivity contribution in [1.29, 1.82) is 0 Å². The number of ketones is 1. The first-order chi connectivity index (χ1) is 11.1. The number of carbonyl (C=O) groups excluding carboxylic acids is 2. The van der Waals surface area contributed by atoms with Crippen molar-refractivity contribution in [3.05, 3.63) is 53.9 Å². The van der Waals surface area contributed by atoms with E-state index in [0.29, 0.717) is 5.56 Å². The van der Waals surface area contributed by atoms with Crippen molar-refractivity contribution in [2.45, 2.75) is 13.8 Å². The van der Waals surface area contributed by atoms with Crippen LogP contribution in [0, 0.1) is 0 Å². The van der Waals surface area contributed by atoms with E-state index in [1.807, 2.05) is 42.5 Å². The van der Waals surface area contributed by atoms with Crippen LogP contribution in [0.1, 0.15) is 34.8 Å². The SMILES string of the molecule is CCOC(=O)c1[nH]nc(C(C)=O)c1-c1cccc2ccccc12. The molecule has 2 aromatic carbocycles. The van der Waals surface area contributed by atoms with Gasteiger partial charge in [-0.2, -0.15) is 5.10 Å². The van der Waals surface area contributed by atoms with Crippen molar-refractivity contribution in [3.8, 4) is 11.1 Å². The zero-order chi connectivity index (χ0) is 16.4. The van der Waals surface area contributed by atoms with E-state index in [9.17, 15) is 9.59 Å². The lowest BCUT2D eigenvalue weighted by Crippen LogP contribution is -2.07.